The second-order valence-corrected chi connectivity index (χ2v) is 12.3. The number of rotatable bonds is 6. The maximum Gasteiger partial charge on any atom is 0.164 e. The molecule has 2 aromatic heterocycles. The van der Waals surface area contributed by atoms with E-state index in [1.807, 2.05) is 79.0 Å². The third-order valence-corrected chi connectivity index (χ3v) is 9.46. The van der Waals surface area contributed by atoms with E-state index in [4.69, 9.17) is 19.9 Å². The Morgan fingerprint density at radius 1 is 0.347 bits per heavy atom. The van der Waals surface area contributed by atoms with Crippen LogP contribution in [0.1, 0.15) is 22.3 Å². The standard InChI is InChI=1S/C45H30N4/c1-3-15-31(16-4-1)42-47-43(32-17-5-2-6-18-32)49-44(48-42)34-20-14-22-36(30-34)45(35-21-13-19-33(29-35)41-27-11-12-28-46-41)39-25-9-7-23-37(39)38-24-8-10-26-40(38)45/h1-30H. The Morgan fingerprint density at radius 2 is 0.796 bits per heavy atom. The fourth-order valence-electron chi connectivity index (χ4n) is 7.30. The van der Waals surface area contributed by atoms with Crippen LogP contribution in [0.25, 0.3) is 56.5 Å². The lowest BCUT2D eigenvalue weighted by atomic mass is 9.67. The summed E-state index contributed by atoms with van der Waals surface area (Å²) in [6.07, 6.45) is 1.85. The Morgan fingerprint density at radius 3 is 1.35 bits per heavy atom. The number of hydrogen-bond acceptors (Lipinski definition) is 4. The van der Waals surface area contributed by atoms with Crippen LogP contribution in [0.3, 0.4) is 0 Å². The van der Waals surface area contributed by atoms with E-state index in [1.165, 1.54) is 27.8 Å². The van der Waals surface area contributed by atoms with Crippen LogP contribution in [0, 0.1) is 0 Å². The first-order valence-electron chi connectivity index (χ1n) is 16.5. The van der Waals surface area contributed by atoms with Gasteiger partial charge in [-0.25, -0.2) is 15.0 Å². The van der Waals surface area contributed by atoms with Gasteiger partial charge in [0.15, 0.2) is 17.5 Å². The molecule has 8 aromatic rings. The van der Waals surface area contributed by atoms with Gasteiger partial charge in [-0.15, -0.1) is 0 Å². The Hall–Kier alpha value is -6.52. The van der Waals surface area contributed by atoms with Crippen molar-refractivity contribution in [2.45, 2.75) is 5.41 Å². The molecule has 2 heterocycles. The molecular formula is C45H30N4. The zero-order valence-electron chi connectivity index (χ0n) is 26.6. The van der Waals surface area contributed by atoms with Gasteiger partial charge in [0.25, 0.3) is 0 Å². The third-order valence-electron chi connectivity index (χ3n) is 9.46. The van der Waals surface area contributed by atoms with Gasteiger partial charge < -0.3 is 0 Å². The molecule has 4 heteroatoms. The molecule has 1 aliphatic rings. The Kier molecular flexibility index (Phi) is 6.98. The molecule has 230 valence electrons. The predicted molar refractivity (Wildman–Crippen MR) is 197 cm³/mol. The Labute approximate surface area is 285 Å². The van der Waals surface area contributed by atoms with E-state index < -0.39 is 5.41 Å². The summed E-state index contributed by atoms with van der Waals surface area (Å²) in [5.41, 5.74) is 11.5. The molecule has 0 saturated heterocycles. The minimum atomic E-state index is -0.592. The maximum absolute atomic E-state index is 5.07. The molecule has 49 heavy (non-hydrogen) atoms. The second kappa shape index (κ2) is 11.9. The van der Waals surface area contributed by atoms with Gasteiger partial charge in [0, 0.05) is 28.5 Å². The molecule has 0 saturated carbocycles. The van der Waals surface area contributed by atoms with E-state index in [1.54, 1.807) is 0 Å². The van der Waals surface area contributed by atoms with Gasteiger partial charge in [0.1, 0.15) is 0 Å². The average molecular weight is 627 g/mol. The predicted octanol–water partition coefficient (Wildman–Crippen LogP) is 10.3. The Bertz CT molecular complexity index is 2340. The molecule has 6 aromatic carbocycles. The van der Waals surface area contributed by atoms with Crippen LogP contribution in [0.4, 0.5) is 0 Å². The van der Waals surface area contributed by atoms with E-state index in [-0.39, 0.29) is 0 Å². The van der Waals surface area contributed by atoms with Gasteiger partial charge in [-0.05, 0) is 57.6 Å². The summed E-state index contributed by atoms with van der Waals surface area (Å²) >= 11 is 0. The van der Waals surface area contributed by atoms with E-state index >= 15 is 0 Å². The molecule has 0 unspecified atom stereocenters. The van der Waals surface area contributed by atoms with E-state index in [9.17, 15) is 0 Å². The quantitative estimate of drug-likeness (QED) is 0.184. The van der Waals surface area contributed by atoms with Crippen molar-refractivity contribution >= 4 is 0 Å². The van der Waals surface area contributed by atoms with Crippen LogP contribution < -0.4 is 0 Å². The van der Waals surface area contributed by atoms with Crippen molar-refractivity contribution in [2.24, 2.45) is 0 Å². The van der Waals surface area contributed by atoms with Gasteiger partial charge in [-0.1, -0.05) is 152 Å². The maximum atomic E-state index is 5.07. The van der Waals surface area contributed by atoms with Crippen LogP contribution >= 0.6 is 0 Å². The average Bonchev–Trinajstić information content (AvgIpc) is 3.50. The molecule has 1 aliphatic carbocycles. The van der Waals surface area contributed by atoms with Crippen molar-refractivity contribution in [1.82, 2.24) is 19.9 Å². The molecule has 9 rings (SSSR count). The summed E-state index contributed by atoms with van der Waals surface area (Å²) in [4.78, 5) is 19.8. The monoisotopic (exact) mass is 626 g/mol. The van der Waals surface area contributed by atoms with Gasteiger partial charge in [-0.3, -0.25) is 4.98 Å². The van der Waals surface area contributed by atoms with Crippen LogP contribution in [-0.2, 0) is 5.41 Å². The highest BCUT2D eigenvalue weighted by Crippen LogP contribution is 2.56. The van der Waals surface area contributed by atoms with Crippen molar-refractivity contribution in [3.05, 3.63) is 204 Å². The zero-order chi connectivity index (χ0) is 32.6. The van der Waals surface area contributed by atoms with Crippen LogP contribution in [-0.4, -0.2) is 19.9 Å². The van der Waals surface area contributed by atoms with Crippen molar-refractivity contribution in [3.8, 4) is 56.5 Å². The van der Waals surface area contributed by atoms with Crippen LogP contribution in [0.15, 0.2) is 182 Å². The number of pyridine rings is 1. The van der Waals surface area contributed by atoms with E-state index in [0.29, 0.717) is 17.5 Å². The summed E-state index contributed by atoms with van der Waals surface area (Å²) in [6, 6.07) is 61.5. The number of benzene rings is 6. The van der Waals surface area contributed by atoms with Crippen molar-refractivity contribution in [3.63, 3.8) is 0 Å². The summed E-state index contributed by atoms with van der Waals surface area (Å²) in [5, 5.41) is 0. The van der Waals surface area contributed by atoms with E-state index in [0.717, 1.165) is 33.5 Å². The molecule has 0 N–H and O–H groups in total. The largest absolute Gasteiger partial charge is 0.256 e. The third kappa shape index (κ3) is 4.85. The van der Waals surface area contributed by atoms with Crippen molar-refractivity contribution in [1.29, 1.82) is 0 Å². The topological polar surface area (TPSA) is 51.6 Å². The smallest absolute Gasteiger partial charge is 0.164 e. The lowest BCUT2D eigenvalue weighted by Crippen LogP contribution is -2.28. The molecule has 0 spiro atoms. The second-order valence-electron chi connectivity index (χ2n) is 12.3. The first-order chi connectivity index (χ1) is 24.3. The molecule has 4 nitrogen and oxygen atoms in total. The lowest BCUT2D eigenvalue weighted by molar-refractivity contribution is 0.769. The summed E-state index contributed by atoms with van der Waals surface area (Å²) in [7, 11) is 0. The first kappa shape index (κ1) is 28.7. The molecule has 0 fully saturated rings. The highest BCUT2D eigenvalue weighted by molar-refractivity contribution is 5.87. The summed E-state index contributed by atoms with van der Waals surface area (Å²) in [6.45, 7) is 0. The number of fused-ring (bicyclic) bond motifs is 3. The number of nitrogens with zero attached hydrogens (tertiary/aromatic N) is 4. The summed E-state index contributed by atoms with van der Waals surface area (Å²) < 4.78 is 0. The normalized spacial score (nSPS) is 12.7. The van der Waals surface area contributed by atoms with Gasteiger partial charge in [0.2, 0.25) is 0 Å². The summed E-state index contributed by atoms with van der Waals surface area (Å²) in [5.74, 6) is 1.92. The highest BCUT2D eigenvalue weighted by Gasteiger charge is 2.46. The molecule has 0 bridgehead atoms. The van der Waals surface area contributed by atoms with Gasteiger partial charge in [0.05, 0.1) is 11.1 Å². The van der Waals surface area contributed by atoms with Gasteiger partial charge in [-0.2, -0.15) is 0 Å². The van der Waals surface area contributed by atoms with Crippen molar-refractivity contribution in [2.75, 3.05) is 0 Å². The molecule has 0 amide bonds. The van der Waals surface area contributed by atoms with Crippen LogP contribution in [0.5, 0.6) is 0 Å². The number of aromatic nitrogens is 4. The van der Waals surface area contributed by atoms with Crippen LogP contribution in [0.2, 0.25) is 0 Å². The molecule has 0 atom stereocenters. The molecular weight excluding hydrogens is 597 g/mol. The molecule has 0 aliphatic heterocycles. The minimum Gasteiger partial charge on any atom is -0.256 e. The van der Waals surface area contributed by atoms with Gasteiger partial charge >= 0.3 is 0 Å². The lowest BCUT2D eigenvalue weighted by Gasteiger charge is -2.34. The molecule has 0 radical (unpaired) electrons. The minimum absolute atomic E-state index is 0.592. The number of hydrogen-bond donors (Lipinski definition) is 0. The fraction of sp³-hybridized carbons (Fsp3) is 0.0222. The van der Waals surface area contributed by atoms with E-state index in [2.05, 4.69) is 103 Å². The first-order valence-corrected chi connectivity index (χ1v) is 16.5. The SMILES string of the molecule is c1ccc(-c2nc(-c3ccccc3)nc(-c3cccc(C4(c5cccc(-c6ccccn6)c5)c5ccccc5-c5ccccc54)c3)n2)cc1. The fourth-order valence-corrected chi connectivity index (χ4v) is 7.30. The van der Waals surface area contributed by atoms with Crippen molar-refractivity contribution < 1.29 is 0 Å². The highest BCUT2D eigenvalue weighted by atomic mass is 15.0. The zero-order valence-corrected chi connectivity index (χ0v) is 26.6. The Balaban J connectivity index is 1.30.